The van der Waals surface area contributed by atoms with Gasteiger partial charge in [0.2, 0.25) is 5.91 Å². The molecule has 1 aromatic rings. The molecule has 23 heavy (non-hydrogen) atoms. The van der Waals surface area contributed by atoms with Gasteiger partial charge in [0.15, 0.2) is 0 Å². The van der Waals surface area contributed by atoms with Crippen molar-refractivity contribution in [1.82, 2.24) is 19.6 Å². The standard InChI is InChI=1S/C17H28N4O2/c1-3-16(22)21-9-10-23-15(13-20-7-5-4-6-8-20)17(21)14-11-18-19(2)12-14/h11-12,15,17H,3-10,13H2,1-2H3/t15-,17-/m0/s1. The van der Waals surface area contributed by atoms with Crippen LogP contribution < -0.4 is 0 Å². The maximum atomic E-state index is 12.4. The number of morpholine rings is 1. The fraction of sp³-hybridized carbons (Fsp3) is 0.765. The van der Waals surface area contributed by atoms with Crippen molar-refractivity contribution in [1.29, 1.82) is 0 Å². The molecule has 6 nitrogen and oxygen atoms in total. The smallest absolute Gasteiger partial charge is 0.222 e. The number of carbonyl (C=O) groups excluding carboxylic acids is 1. The van der Waals surface area contributed by atoms with Gasteiger partial charge in [-0.25, -0.2) is 0 Å². The monoisotopic (exact) mass is 320 g/mol. The van der Waals surface area contributed by atoms with E-state index in [2.05, 4.69) is 10.00 Å². The van der Waals surface area contributed by atoms with Crippen LogP contribution in [0.2, 0.25) is 0 Å². The zero-order valence-corrected chi connectivity index (χ0v) is 14.3. The van der Waals surface area contributed by atoms with Gasteiger partial charge in [-0.05, 0) is 25.9 Å². The van der Waals surface area contributed by atoms with Crippen molar-refractivity contribution < 1.29 is 9.53 Å². The van der Waals surface area contributed by atoms with Crippen LogP contribution in [0.4, 0.5) is 0 Å². The number of nitrogens with zero attached hydrogens (tertiary/aromatic N) is 4. The third-order valence-corrected chi connectivity index (χ3v) is 4.93. The molecule has 0 bridgehead atoms. The molecule has 0 unspecified atom stereocenters. The van der Waals surface area contributed by atoms with E-state index < -0.39 is 0 Å². The Morgan fingerprint density at radius 3 is 2.74 bits per heavy atom. The van der Waals surface area contributed by atoms with Gasteiger partial charge in [0.05, 0.1) is 24.9 Å². The second-order valence-corrected chi connectivity index (χ2v) is 6.60. The van der Waals surface area contributed by atoms with E-state index in [0.29, 0.717) is 19.6 Å². The Morgan fingerprint density at radius 1 is 1.30 bits per heavy atom. The molecular formula is C17H28N4O2. The maximum absolute atomic E-state index is 12.4. The normalized spacial score (nSPS) is 26.4. The quantitative estimate of drug-likeness (QED) is 0.845. The van der Waals surface area contributed by atoms with Crippen LogP contribution >= 0.6 is 0 Å². The summed E-state index contributed by atoms with van der Waals surface area (Å²) in [7, 11) is 1.92. The number of likely N-dealkylation sites (tertiary alicyclic amines) is 1. The first kappa shape index (κ1) is 16.5. The minimum Gasteiger partial charge on any atom is -0.373 e. The van der Waals surface area contributed by atoms with Gasteiger partial charge in [-0.15, -0.1) is 0 Å². The molecule has 3 rings (SSSR count). The minimum absolute atomic E-state index is 0.0215. The summed E-state index contributed by atoms with van der Waals surface area (Å²) in [5.41, 5.74) is 1.08. The average molecular weight is 320 g/mol. The number of carbonyl (C=O) groups is 1. The molecule has 128 valence electrons. The molecule has 2 saturated heterocycles. The van der Waals surface area contributed by atoms with Crippen molar-refractivity contribution in [3.63, 3.8) is 0 Å². The Kier molecular flexibility index (Phi) is 5.33. The van der Waals surface area contributed by atoms with E-state index in [1.54, 1.807) is 4.68 Å². The second-order valence-electron chi connectivity index (χ2n) is 6.60. The molecule has 2 atom stereocenters. The average Bonchev–Trinajstić information content (AvgIpc) is 3.01. The van der Waals surface area contributed by atoms with Crippen molar-refractivity contribution in [3.05, 3.63) is 18.0 Å². The number of amides is 1. The van der Waals surface area contributed by atoms with Gasteiger partial charge >= 0.3 is 0 Å². The molecule has 2 fully saturated rings. The summed E-state index contributed by atoms with van der Waals surface area (Å²) in [6.45, 7) is 6.40. The van der Waals surface area contributed by atoms with Crippen molar-refractivity contribution in [2.45, 2.75) is 44.8 Å². The van der Waals surface area contributed by atoms with E-state index in [4.69, 9.17) is 4.74 Å². The summed E-state index contributed by atoms with van der Waals surface area (Å²) in [6.07, 6.45) is 8.31. The van der Waals surface area contributed by atoms with Gasteiger partial charge in [-0.3, -0.25) is 9.48 Å². The molecule has 0 N–H and O–H groups in total. The van der Waals surface area contributed by atoms with E-state index in [0.717, 1.165) is 25.2 Å². The third-order valence-electron chi connectivity index (χ3n) is 4.93. The third kappa shape index (κ3) is 3.75. The number of aryl methyl sites for hydroxylation is 1. The van der Waals surface area contributed by atoms with E-state index in [1.807, 2.05) is 31.3 Å². The summed E-state index contributed by atoms with van der Waals surface area (Å²) in [6, 6.07) is -0.0215. The summed E-state index contributed by atoms with van der Waals surface area (Å²) in [5.74, 6) is 0.200. The van der Waals surface area contributed by atoms with Crippen LogP contribution in [0.25, 0.3) is 0 Å². The Hall–Kier alpha value is -1.40. The largest absolute Gasteiger partial charge is 0.373 e. The van der Waals surface area contributed by atoms with Gasteiger partial charge < -0.3 is 14.5 Å². The van der Waals surface area contributed by atoms with Gasteiger partial charge in [-0.2, -0.15) is 5.10 Å². The highest BCUT2D eigenvalue weighted by Crippen LogP contribution is 2.31. The SMILES string of the molecule is CCC(=O)N1CCO[C@@H](CN2CCCCC2)[C@@H]1c1cnn(C)c1. The number of piperidine rings is 1. The first-order valence-corrected chi connectivity index (χ1v) is 8.81. The van der Waals surface area contributed by atoms with Crippen LogP contribution in [0, 0.1) is 0 Å². The number of hydrogen-bond donors (Lipinski definition) is 0. The first-order chi connectivity index (χ1) is 11.2. The molecule has 1 aromatic heterocycles. The van der Waals surface area contributed by atoms with E-state index >= 15 is 0 Å². The Labute approximate surface area is 138 Å². The Morgan fingerprint density at radius 2 is 2.09 bits per heavy atom. The molecule has 2 aliphatic heterocycles. The molecule has 6 heteroatoms. The first-order valence-electron chi connectivity index (χ1n) is 8.81. The van der Waals surface area contributed by atoms with Gasteiger partial charge in [0, 0.05) is 38.3 Å². The summed E-state index contributed by atoms with van der Waals surface area (Å²) in [4.78, 5) is 16.9. The summed E-state index contributed by atoms with van der Waals surface area (Å²) in [5, 5.41) is 4.30. The predicted molar refractivity (Wildman–Crippen MR) is 88.0 cm³/mol. The summed E-state index contributed by atoms with van der Waals surface area (Å²) < 4.78 is 7.91. The van der Waals surface area contributed by atoms with E-state index in [9.17, 15) is 4.79 Å². The number of rotatable bonds is 4. The Balaban J connectivity index is 1.81. The van der Waals surface area contributed by atoms with Crippen molar-refractivity contribution in [3.8, 4) is 0 Å². The molecular weight excluding hydrogens is 292 g/mol. The van der Waals surface area contributed by atoms with Gasteiger partial charge in [0.25, 0.3) is 0 Å². The minimum atomic E-state index is -0.0215. The predicted octanol–water partition coefficient (Wildman–Crippen LogP) is 1.58. The zero-order chi connectivity index (χ0) is 16.2. The van der Waals surface area contributed by atoms with Crippen molar-refractivity contribution in [2.24, 2.45) is 7.05 Å². The number of ether oxygens (including phenoxy) is 1. The summed E-state index contributed by atoms with van der Waals surface area (Å²) >= 11 is 0. The lowest BCUT2D eigenvalue weighted by Crippen LogP contribution is -2.52. The fourth-order valence-corrected chi connectivity index (χ4v) is 3.75. The Bertz CT molecular complexity index is 524. The molecule has 0 spiro atoms. The molecule has 0 aromatic carbocycles. The van der Waals surface area contributed by atoms with E-state index in [-0.39, 0.29) is 18.1 Å². The highest BCUT2D eigenvalue weighted by molar-refractivity contribution is 5.76. The second kappa shape index (κ2) is 7.45. The van der Waals surface area contributed by atoms with Gasteiger partial charge in [-0.1, -0.05) is 13.3 Å². The lowest BCUT2D eigenvalue weighted by molar-refractivity contribution is -0.148. The van der Waals surface area contributed by atoms with Crippen LogP contribution in [0.3, 0.4) is 0 Å². The van der Waals surface area contributed by atoms with Crippen molar-refractivity contribution in [2.75, 3.05) is 32.8 Å². The van der Waals surface area contributed by atoms with Crippen LogP contribution in [0.1, 0.15) is 44.2 Å². The molecule has 0 radical (unpaired) electrons. The van der Waals surface area contributed by atoms with Crippen LogP contribution in [-0.4, -0.2) is 64.4 Å². The maximum Gasteiger partial charge on any atom is 0.222 e. The lowest BCUT2D eigenvalue weighted by Gasteiger charge is -2.43. The lowest BCUT2D eigenvalue weighted by atomic mass is 9.99. The topological polar surface area (TPSA) is 50.6 Å². The molecule has 2 aliphatic rings. The van der Waals surface area contributed by atoms with Crippen molar-refractivity contribution >= 4 is 5.91 Å². The number of aromatic nitrogens is 2. The molecule has 0 saturated carbocycles. The number of hydrogen-bond acceptors (Lipinski definition) is 4. The highest BCUT2D eigenvalue weighted by atomic mass is 16.5. The van der Waals surface area contributed by atoms with Crippen LogP contribution in [-0.2, 0) is 16.6 Å². The van der Waals surface area contributed by atoms with Crippen LogP contribution in [0.15, 0.2) is 12.4 Å². The molecule has 0 aliphatic carbocycles. The fourth-order valence-electron chi connectivity index (χ4n) is 3.75. The molecule has 1 amide bonds. The molecule has 3 heterocycles. The highest BCUT2D eigenvalue weighted by Gasteiger charge is 2.37. The van der Waals surface area contributed by atoms with Crippen LogP contribution in [0.5, 0.6) is 0 Å². The zero-order valence-electron chi connectivity index (χ0n) is 14.3. The van der Waals surface area contributed by atoms with E-state index in [1.165, 1.54) is 19.3 Å². The van der Waals surface area contributed by atoms with Gasteiger partial charge in [0.1, 0.15) is 0 Å².